The Morgan fingerprint density at radius 3 is 2.47 bits per heavy atom. The van der Waals surface area contributed by atoms with E-state index in [0.717, 1.165) is 26.8 Å². The summed E-state index contributed by atoms with van der Waals surface area (Å²) in [6.45, 7) is 1.39. The van der Waals surface area contributed by atoms with Gasteiger partial charge in [-0.05, 0) is 48.8 Å². The molecule has 3 fully saturated rings. The second kappa shape index (κ2) is 6.95. The van der Waals surface area contributed by atoms with Crippen LogP contribution in [-0.4, -0.2) is 44.1 Å². The van der Waals surface area contributed by atoms with Gasteiger partial charge in [0.2, 0.25) is 11.8 Å². The number of rotatable bonds is 3. The fourth-order valence-electron chi connectivity index (χ4n) is 6.58. The molecule has 10 heteroatoms. The number of thioether (sulfide) groups is 1. The van der Waals surface area contributed by atoms with Gasteiger partial charge in [0.25, 0.3) is 0 Å². The van der Waals surface area contributed by atoms with Crippen LogP contribution in [0.3, 0.4) is 0 Å². The Bertz CT molecular complexity index is 1220. The van der Waals surface area contributed by atoms with Crippen LogP contribution in [0.25, 0.3) is 0 Å². The Kier molecular flexibility index (Phi) is 4.45. The molecule has 3 heterocycles. The Balaban J connectivity index is 1.45. The Morgan fingerprint density at radius 2 is 1.81 bits per heavy atom. The average molecular weight is 491 g/mol. The zero-order valence-electron chi connectivity index (χ0n) is 16.9. The number of fused-ring (bicyclic) bond motifs is 9. The van der Waals surface area contributed by atoms with Gasteiger partial charge in [-0.3, -0.25) is 19.3 Å². The van der Waals surface area contributed by atoms with Gasteiger partial charge >= 0.3 is 10.8 Å². The van der Waals surface area contributed by atoms with Crippen molar-refractivity contribution in [3.05, 3.63) is 49.4 Å². The molecule has 32 heavy (non-hydrogen) atoms. The first-order valence-corrected chi connectivity index (χ1v) is 12.6. The first kappa shape index (κ1) is 20.5. The minimum Gasteiger partial charge on any atom is -0.480 e. The van der Waals surface area contributed by atoms with Gasteiger partial charge < -0.3 is 10.1 Å². The molecule has 2 N–H and O–H groups in total. The number of nitrogens with one attached hydrogen (secondary N) is 1. The standard InChI is InChI=1S/C22H19ClN2O5S2/c1-7(21(28)29)25-19(26)14-10-6-11(15(14)20(25)27)16-13(10)12(8-2-4-9(23)5-3-8)17-18(31-16)24-22(30)32-17/h2-5,7,10-16H,6H2,1H3,(H,24,30)(H,28,29)/t7-,10-,11+,12+,13+,14-,15+,16-/m1/s1. The van der Waals surface area contributed by atoms with E-state index in [4.69, 9.17) is 11.6 Å². The van der Waals surface area contributed by atoms with Gasteiger partial charge in [0.1, 0.15) is 6.04 Å². The van der Waals surface area contributed by atoms with Crippen molar-refractivity contribution in [1.82, 2.24) is 9.88 Å². The number of carboxylic acid groups (broad SMARTS) is 1. The van der Waals surface area contributed by atoms with Crippen LogP contribution in [0, 0.1) is 29.6 Å². The normalized spacial score (nSPS) is 35.6. The van der Waals surface area contributed by atoms with Gasteiger partial charge in [-0.2, -0.15) is 0 Å². The maximum Gasteiger partial charge on any atom is 0.326 e. The van der Waals surface area contributed by atoms with Crippen molar-refractivity contribution in [1.29, 1.82) is 0 Å². The summed E-state index contributed by atoms with van der Waals surface area (Å²) in [5.74, 6) is -2.87. The number of halogens is 1. The third-order valence-electron chi connectivity index (χ3n) is 7.73. The molecule has 2 amide bonds. The molecule has 0 spiro atoms. The number of carbonyl (C=O) groups is 3. The fourth-order valence-corrected chi connectivity index (χ4v) is 9.59. The molecule has 166 valence electrons. The molecule has 8 atom stereocenters. The van der Waals surface area contributed by atoms with Crippen LogP contribution in [0.5, 0.6) is 0 Å². The number of H-pyrrole nitrogens is 1. The molecule has 2 saturated carbocycles. The molecular formula is C22H19ClN2O5S2. The zero-order valence-corrected chi connectivity index (χ0v) is 19.2. The first-order chi connectivity index (χ1) is 15.3. The third-order valence-corrected chi connectivity index (χ3v) is 10.6. The molecule has 0 unspecified atom stereocenters. The largest absolute Gasteiger partial charge is 0.480 e. The van der Waals surface area contributed by atoms with Crippen LogP contribution in [0.2, 0.25) is 5.02 Å². The molecule has 1 aromatic carbocycles. The second-order valence-corrected chi connectivity index (χ2v) is 11.7. The predicted molar refractivity (Wildman–Crippen MR) is 119 cm³/mol. The first-order valence-electron chi connectivity index (χ1n) is 10.5. The summed E-state index contributed by atoms with van der Waals surface area (Å²) in [4.78, 5) is 55.1. The van der Waals surface area contributed by atoms with Crippen LogP contribution >= 0.6 is 34.7 Å². The van der Waals surface area contributed by atoms with Gasteiger partial charge in [-0.15, -0.1) is 11.8 Å². The van der Waals surface area contributed by atoms with E-state index < -0.39 is 23.8 Å². The van der Waals surface area contributed by atoms with Crippen LogP contribution < -0.4 is 4.87 Å². The summed E-state index contributed by atoms with van der Waals surface area (Å²) in [5, 5.41) is 11.0. The number of aliphatic carboxylic acids is 1. The number of aromatic amines is 1. The number of carboxylic acids is 1. The second-order valence-electron chi connectivity index (χ2n) is 9.07. The van der Waals surface area contributed by atoms with Gasteiger partial charge in [0.15, 0.2) is 0 Å². The number of nitrogens with zero attached hydrogens (tertiary/aromatic N) is 1. The van der Waals surface area contributed by atoms with Crippen LogP contribution in [0.15, 0.2) is 34.1 Å². The van der Waals surface area contributed by atoms with Crippen molar-refractivity contribution in [2.75, 3.05) is 0 Å². The molecule has 4 aliphatic rings. The molecule has 0 radical (unpaired) electrons. The highest BCUT2D eigenvalue weighted by Crippen LogP contribution is 2.68. The van der Waals surface area contributed by atoms with E-state index in [1.807, 2.05) is 24.3 Å². The number of aromatic nitrogens is 1. The molecule has 6 rings (SSSR count). The third kappa shape index (κ3) is 2.61. The minimum absolute atomic E-state index is 0.0196. The predicted octanol–water partition coefficient (Wildman–Crippen LogP) is 3.04. The lowest BCUT2D eigenvalue weighted by Gasteiger charge is -2.43. The van der Waals surface area contributed by atoms with Crippen LogP contribution in [-0.2, 0) is 14.4 Å². The van der Waals surface area contributed by atoms with E-state index in [1.54, 1.807) is 11.8 Å². The molecule has 2 aliphatic heterocycles. The van der Waals surface area contributed by atoms with Gasteiger partial charge in [-0.25, -0.2) is 4.79 Å². The summed E-state index contributed by atoms with van der Waals surface area (Å²) < 4.78 is 0. The summed E-state index contributed by atoms with van der Waals surface area (Å²) in [6.07, 6.45) is 0.772. The number of imide groups is 1. The summed E-state index contributed by atoms with van der Waals surface area (Å²) in [6, 6.07) is 6.44. The number of hydrogen-bond donors (Lipinski definition) is 2. The monoisotopic (exact) mass is 490 g/mol. The van der Waals surface area contributed by atoms with Crippen molar-refractivity contribution in [3.63, 3.8) is 0 Å². The van der Waals surface area contributed by atoms with E-state index in [9.17, 15) is 24.3 Å². The van der Waals surface area contributed by atoms with E-state index in [1.165, 1.54) is 18.3 Å². The van der Waals surface area contributed by atoms with Gasteiger partial charge in [0, 0.05) is 21.1 Å². The van der Waals surface area contributed by atoms with Crippen molar-refractivity contribution in [2.24, 2.45) is 29.6 Å². The number of likely N-dealkylation sites (tertiary alicyclic amines) is 1. The topological polar surface area (TPSA) is 108 Å². The Labute approximate surface area is 196 Å². The van der Waals surface area contributed by atoms with E-state index in [0.29, 0.717) is 5.02 Å². The maximum absolute atomic E-state index is 13.3. The maximum atomic E-state index is 13.3. The van der Waals surface area contributed by atoms with E-state index in [-0.39, 0.29) is 45.6 Å². The highest BCUT2D eigenvalue weighted by molar-refractivity contribution is 8.00. The Hall–Kier alpha value is -2.10. The lowest BCUT2D eigenvalue weighted by molar-refractivity contribution is -0.154. The molecule has 2 aliphatic carbocycles. The highest BCUT2D eigenvalue weighted by Gasteiger charge is 2.70. The molecule has 2 bridgehead atoms. The van der Waals surface area contributed by atoms with Crippen molar-refractivity contribution in [2.45, 2.75) is 35.6 Å². The SMILES string of the molecule is C[C@H](C(=O)O)N1C(=O)[C@@H]2[C@@H]3C[C@H]([C@H]4Sc5[nH]c(=O)sc5[C@@H](c5ccc(Cl)cc5)[C@H]34)[C@@H]2C1=O. The van der Waals surface area contributed by atoms with Crippen molar-refractivity contribution in [3.8, 4) is 0 Å². The van der Waals surface area contributed by atoms with Crippen molar-refractivity contribution < 1.29 is 19.5 Å². The molecule has 1 saturated heterocycles. The zero-order chi connectivity index (χ0) is 22.5. The highest BCUT2D eigenvalue weighted by atomic mass is 35.5. The summed E-state index contributed by atoms with van der Waals surface area (Å²) in [7, 11) is 0. The van der Waals surface area contributed by atoms with Gasteiger partial charge in [-0.1, -0.05) is 35.1 Å². The quantitative estimate of drug-likeness (QED) is 0.640. The summed E-state index contributed by atoms with van der Waals surface area (Å²) >= 11 is 8.93. The van der Waals surface area contributed by atoms with Crippen molar-refractivity contribution >= 4 is 52.5 Å². The van der Waals surface area contributed by atoms with E-state index >= 15 is 0 Å². The molecule has 1 aromatic heterocycles. The number of amides is 2. The number of benzene rings is 1. The van der Waals surface area contributed by atoms with Crippen LogP contribution in [0.1, 0.15) is 29.7 Å². The molecule has 2 aromatic rings. The number of carbonyl (C=O) groups excluding carboxylic acids is 2. The lowest BCUT2D eigenvalue weighted by Crippen LogP contribution is -2.44. The van der Waals surface area contributed by atoms with E-state index in [2.05, 4.69) is 4.98 Å². The minimum atomic E-state index is -1.18. The Morgan fingerprint density at radius 1 is 1.16 bits per heavy atom. The van der Waals surface area contributed by atoms with Gasteiger partial charge in [0.05, 0.1) is 16.9 Å². The fraction of sp³-hybridized carbons (Fsp3) is 0.455. The number of hydrogen-bond acceptors (Lipinski definition) is 6. The molecular weight excluding hydrogens is 472 g/mol. The lowest BCUT2D eigenvalue weighted by atomic mass is 9.68. The summed E-state index contributed by atoms with van der Waals surface area (Å²) in [5.41, 5.74) is 1.04. The molecule has 7 nitrogen and oxygen atoms in total. The number of thiazole rings is 1. The smallest absolute Gasteiger partial charge is 0.326 e. The van der Waals surface area contributed by atoms with Crippen LogP contribution in [0.4, 0.5) is 0 Å². The average Bonchev–Trinajstić information content (AvgIpc) is 3.47.